The summed E-state index contributed by atoms with van der Waals surface area (Å²) in [6, 6.07) is 10.2. The fourth-order valence-corrected chi connectivity index (χ4v) is 2.36. The van der Waals surface area contributed by atoms with Crippen molar-refractivity contribution in [3.05, 3.63) is 53.3 Å². The normalized spacial score (nSPS) is 10.6. The van der Waals surface area contributed by atoms with E-state index >= 15 is 0 Å². The molecule has 6 nitrogen and oxygen atoms in total. The Hall–Kier alpha value is -2.86. The van der Waals surface area contributed by atoms with Crippen LogP contribution in [0.2, 0.25) is 5.02 Å². The third kappa shape index (κ3) is 3.38. The van der Waals surface area contributed by atoms with Gasteiger partial charge in [-0.25, -0.2) is 4.98 Å². The molecule has 2 heterocycles. The number of pyridine rings is 1. The van der Waals surface area contributed by atoms with E-state index in [1.165, 1.54) is 0 Å². The number of nitrogens with one attached hydrogen (secondary N) is 3. The molecule has 0 fully saturated rings. The largest absolute Gasteiger partial charge is 0.346 e. The highest BCUT2D eigenvalue weighted by atomic mass is 35.5. The van der Waals surface area contributed by atoms with Crippen LogP contribution < -0.4 is 10.6 Å². The summed E-state index contributed by atoms with van der Waals surface area (Å²) in [5.41, 5.74) is 1.88. The number of fused-ring (bicyclic) bond motifs is 1. The van der Waals surface area contributed by atoms with Crippen LogP contribution in [0.5, 0.6) is 0 Å². The number of rotatable bonds is 4. The monoisotopic (exact) mass is 342 g/mol. The van der Waals surface area contributed by atoms with Gasteiger partial charge < -0.3 is 15.6 Å². The first kappa shape index (κ1) is 16.0. The van der Waals surface area contributed by atoms with Crippen LogP contribution in [0.3, 0.4) is 0 Å². The molecule has 0 atom stereocenters. The van der Waals surface area contributed by atoms with E-state index in [2.05, 4.69) is 20.6 Å². The molecule has 3 rings (SSSR count). The van der Waals surface area contributed by atoms with E-state index in [4.69, 9.17) is 11.6 Å². The van der Waals surface area contributed by atoms with E-state index in [9.17, 15) is 9.59 Å². The molecule has 0 aliphatic rings. The van der Waals surface area contributed by atoms with Crippen LogP contribution in [0.15, 0.2) is 42.6 Å². The standard InChI is InChI=1S/C17H15ClN4O2/c1-2-15(23)20-11-4-5-12(18)14(9-11)22-17(24)13-6-3-10-7-8-19-16(10)21-13/h3-9H,2H2,1H3,(H,19,21)(H,20,23)(H,22,24). The van der Waals surface area contributed by atoms with Crippen LogP contribution in [-0.2, 0) is 4.79 Å². The quantitative estimate of drug-likeness (QED) is 0.673. The maximum absolute atomic E-state index is 12.4. The third-order valence-corrected chi connectivity index (χ3v) is 3.79. The average Bonchev–Trinajstić information content (AvgIpc) is 3.05. The van der Waals surface area contributed by atoms with E-state index < -0.39 is 0 Å². The molecule has 122 valence electrons. The van der Waals surface area contributed by atoms with E-state index in [-0.39, 0.29) is 17.5 Å². The summed E-state index contributed by atoms with van der Waals surface area (Å²) < 4.78 is 0. The maximum atomic E-state index is 12.4. The molecule has 0 bridgehead atoms. The number of benzene rings is 1. The number of carbonyl (C=O) groups excluding carboxylic acids is 2. The Labute approximate surface area is 143 Å². The first-order chi connectivity index (χ1) is 11.6. The van der Waals surface area contributed by atoms with Crippen molar-refractivity contribution >= 4 is 45.8 Å². The number of H-pyrrole nitrogens is 1. The Morgan fingerprint density at radius 2 is 2.00 bits per heavy atom. The Morgan fingerprint density at radius 1 is 1.17 bits per heavy atom. The SMILES string of the molecule is CCC(=O)Nc1ccc(Cl)c(NC(=O)c2ccc3cc[nH]c3n2)c1. The fraction of sp³-hybridized carbons (Fsp3) is 0.118. The number of amides is 2. The smallest absolute Gasteiger partial charge is 0.274 e. The molecule has 0 radical (unpaired) electrons. The van der Waals surface area contributed by atoms with Crippen molar-refractivity contribution in [3.63, 3.8) is 0 Å². The van der Waals surface area contributed by atoms with E-state index in [0.29, 0.717) is 28.5 Å². The molecule has 7 heteroatoms. The van der Waals surface area contributed by atoms with E-state index in [1.54, 1.807) is 37.4 Å². The number of carbonyl (C=O) groups is 2. The molecule has 24 heavy (non-hydrogen) atoms. The fourth-order valence-electron chi connectivity index (χ4n) is 2.19. The Kier molecular flexibility index (Phi) is 4.48. The summed E-state index contributed by atoms with van der Waals surface area (Å²) in [7, 11) is 0. The number of nitrogens with zero attached hydrogens (tertiary/aromatic N) is 1. The molecule has 0 aliphatic heterocycles. The van der Waals surface area contributed by atoms with Gasteiger partial charge in [-0.3, -0.25) is 9.59 Å². The van der Waals surface area contributed by atoms with Crippen LogP contribution in [0.25, 0.3) is 11.0 Å². The third-order valence-electron chi connectivity index (χ3n) is 3.46. The number of hydrogen-bond acceptors (Lipinski definition) is 3. The summed E-state index contributed by atoms with van der Waals surface area (Å²) in [5, 5.41) is 6.74. The predicted octanol–water partition coefficient (Wildman–Crippen LogP) is 3.82. The van der Waals surface area contributed by atoms with Crippen molar-refractivity contribution in [2.75, 3.05) is 10.6 Å². The molecule has 3 N–H and O–H groups in total. The molecule has 2 aromatic heterocycles. The first-order valence-electron chi connectivity index (χ1n) is 7.41. The topological polar surface area (TPSA) is 86.9 Å². The zero-order valence-corrected chi connectivity index (χ0v) is 13.6. The van der Waals surface area contributed by atoms with Gasteiger partial charge in [0.25, 0.3) is 5.91 Å². The Bertz CT molecular complexity index is 920. The zero-order chi connectivity index (χ0) is 17.1. The van der Waals surface area contributed by atoms with Crippen molar-refractivity contribution in [2.45, 2.75) is 13.3 Å². The van der Waals surface area contributed by atoms with Gasteiger partial charge in [-0.1, -0.05) is 18.5 Å². The van der Waals surface area contributed by atoms with Crippen LogP contribution in [0, 0.1) is 0 Å². The summed E-state index contributed by atoms with van der Waals surface area (Å²) in [5.74, 6) is -0.499. The molecular formula is C17H15ClN4O2. The minimum Gasteiger partial charge on any atom is -0.346 e. The average molecular weight is 343 g/mol. The lowest BCUT2D eigenvalue weighted by molar-refractivity contribution is -0.115. The Balaban J connectivity index is 1.82. The molecule has 0 unspecified atom stereocenters. The number of hydrogen-bond donors (Lipinski definition) is 3. The van der Waals surface area contributed by atoms with Crippen LogP contribution in [0.1, 0.15) is 23.8 Å². The van der Waals surface area contributed by atoms with Gasteiger partial charge in [-0.15, -0.1) is 0 Å². The molecule has 0 aliphatic carbocycles. The van der Waals surface area contributed by atoms with Gasteiger partial charge in [-0.2, -0.15) is 0 Å². The molecule has 2 amide bonds. The summed E-state index contributed by atoms with van der Waals surface area (Å²) in [6.07, 6.45) is 2.13. The lowest BCUT2D eigenvalue weighted by Crippen LogP contribution is -2.15. The number of halogens is 1. The summed E-state index contributed by atoms with van der Waals surface area (Å²) in [4.78, 5) is 31.1. The lowest BCUT2D eigenvalue weighted by atomic mass is 10.2. The highest BCUT2D eigenvalue weighted by molar-refractivity contribution is 6.34. The van der Waals surface area contributed by atoms with Crippen LogP contribution >= 0.6 is 11.6 Å². The van der Waals surface area contributed by atoms with Crippen molar-refractivity contribution in [3.8, 4) is 0 Å². The lowest BCUT2D eigenvalue weighted by Gasteiger charge is -2.10. The molecule has 0 saturated heterocycles. The summed E-state index contributed by atoms with van der Waals surface area (Å²) >= 11 is 6.12. The highest BCUT2D eigenvalue weighted by Crippen LogP contribution is 2.26. The second-order valence-corrected chi connectivity index (χ2v) is 5.57. The predicted molar refractivity (Wildman–Crippen MR) is 94.4 cm³/mol. The van der Waals surface area contributed by atoms with Gasteiger partial charge >= 0.3 is 0 Å². The minimum absolute atomic E-state index is 0.117. The van der Waals surface area contributed by atoms with E-state index in [1.807, 2.05) is 12.1 Å². The number of aromatic amines is 1. The number of aromatic nitrogens is 2. The zero-order valence-electron chi connectivity index (χ0n) is 12.9. The molecule has 3 aromatic rings. The first-order valence-corrected chi connectivity index (χ1v) is 7.79. The van der Waals surface area contributed by atoms with Crippen molar-refractivity contribution in [1.82, 2.24) is 9.97 Å². The van der Waals surface area contributed by atoms with Gasteiger partial charge in [-0.05, 0) is 36.4 Å². The van der Waals surface area contributed by atoms with E-state index in [0.717, 1.165) is 5.39 Å². The van der Waals surface area contributed by atoms with Gasteiger partial charge in [0.1, 0.15) is 11.3 Å². The minimum atomic E-state index is -0.382. The number of anilines is 2. The van der Waals surface area contributed by atoms with Crippen LogP contribution in [-0.4, -0.2) is 21.8 Å². The van der Waals surface area contributed by atoms with Crippen molar-refractivity contribution in [1.29, 1.82) is 0 Å². The molecule has 0 spiro atoms. The second kappa shape index (κ2) is 6.72. The van der Waals surface area contributed by atoms with Gasteiger partial charge in [0.15, 0.2) is 0 Å². The molecule has 1 aromatic carbocycles. The second-order valence-electron chi connectivity index (χ2n) is 5.16. The van der Waals surface area contributed by atoms with Gasteiger partial charge in [0.2, 0.25) is 5.91 Å². The van der Waals surface area contributed by atoms with Crippen molar-refractivity contribution in [2.24, 2.45) is 0 Å². The van der Waals surface area contributed by atoms with Crippen molar-refractivity contribution < 1.29 is 9.59 Å². The Morgan fingerprint density at radius 3 is 2.79 bits per heavy atom. The van der Waals surface area contributed by atoms with Gasteiger partial charge in [0.05, 0.1) is 10.7 Å². The highest BCUT2D eigenvalue weighted by Gasteiger charge is 2.12. The van der Waals surface area contributed by atoms with Gasteiger partial charge in [0, 0.05) is 23.7 Å². The maximum Gasteiger partial charge on any atom is 0.274 e. The van der Waals surface area contributed by atoms with Crippen LogP contribution in [0.4, 0.5) is 11.4 Å². The molecule has 0 saturated carbocycles. The molecular weight excluding hydrogens is 328 g/mol. The summed E-state index contributed by atoms with van der Waals surface area (Å²) in [6.45, 7) is 1.76.